The number of hydrogen-bond acceptors (Lipinski definition) is 5. The van der Waals surface area contributed by atoms with Crippen molar-refractivity contribution in [2.75, 3.05) is 26.2 Å². The zero-order valence-corrected chi connectivity index (χ0v) is 21.3. The van der Waals surface area contributed by atoms with Crippen LogP contribution in [-0.4, -0.2) is 57.9 Å². The molecule has 0 aromatic heterocycles. The molecule has 0 spiro atoms. The molecule has 35 heavy (non-hydrogen) atoms. The van der Waals surface area contributed by atoms with Gasteiger partial charge in [-0.15, -0.1) is 0 Å². The van der Waals surface area contributed by atoms with Crippen LogP contribution in [0, 0.1) is 0 Å². The first-order valence-electron chi connectivity index (χ1n) is 12.4. The molecular weight excluding hydrogens is 464 g/mol. The Balaban J connectivity index is 1.90. The molecule has 3 rings (SSSR count). The van der Waals surface area contributed by atoms with Crippen molar-refractivity contribution in [3.8, 4) is 5.75 Å². The lowest BCUT2D eigenvalue weighted by Gasteiger charge is -2.27. The first kappa shape index (κ1) is 26.8. The molecule has 1 atom stereocenters. The number of carbonyl (C=O) groups is 2. The topological polar surface area (TPSA) is 81.1 Å². The van der Waals surface area contributed by atoms with Crippen molar-refractivity contribution in [3.05, 3.63) is 70.3 Å². The molecule has 7 heteroatoms. The molecule has 2 aromatic rings. The highest BCUT2D eigenvalue weighted by molar-refractivity contribution is 6.46. The van der Waals surface area contributed by atoms with Crippen molar-refractivity contribution in [3.63, 3.8) is 0 Å². The van der Waals surface area contributed by atoms with E-state index in [0.717, 1.165) is 51.7 Å². The zero-order chi connectivity index (χ0) is 25.4. The first-order chi connectivity index (χ1) is 16.9. The van der Waals surface area contributed by atoms with Crippen molar-refractivity contribution in [2.45, 2.75) is 52.0 Å². The summed E-state index contributed by atoms with van der Waals surface area (Å²) in [6, 6.07) is 12.2. The van der Waals surface area contributed by atoms with Gasteiger partial charge in [-0.2, -0.15) is 0 Å². The molecule has 0 unspecified atom stereocenters. The van der Waals surface area contributed by atoms with Gasteiger partial charge in [0.2, 0.25) is 0 Å². The van der Waals surface area contributed by atoms with Gasteiger partial charge < -0.3 is 20.0 Å². The molecule has 2 aromatic carbocycles. The van der Waals surface area contributed by atoms with Gasteiger partial charge in [0.25, 0.3) is 11.7 Å². The smallest absolute Gasteiger partial charge is 0.295 e. The lowest BCUT2D eigenvalue weighted by molar-refractivity contribution is -0.140. The number of hydrogen-bond donors (Lipinski definition) is 2. The number of halogens is 1. The van der Waals surface area contributed by atoms with Crippen LogP contribution < -0.4 is 0 Å². The lowest BCUT2D eigenvalue weighted by atomic mass is 9.95. The SMILES string of the molecule is CCCCN(CCCC)CCCN1C(=O)C(=O)C(=C(O)c2ccc(Cl)cc2)[C@@H]1c1ccc(O)cc1. The normalized spacial score (nSPS) is 17.5. The molecule has 1 heterocycles. The summed E-state index contributed by atoms with van der Waals surface area (Å²) < 4.78 is 0. The summed E-state index contributed by atoms with van der Waals surface area (Å²) in [6.45, 7) is 7.62. The number of carbonyl (C=O) groups excluding carboxylic acids is 2. The molecule has 6 nitrogen and oxygen atoms in total. The second kappa shape index (κ2) is 12.8. The highest BCUT2D eigenvalue weighted by Crippen LogP contribution is 2.40. The van der Waals surface area contributed by atoms with Gasteiger partial charge >= 0.3 is 0 Å². The molecule has 1 aliphatic heterocycles. The number of nitrogens with zero attached hydrogens (tertiary/aromatic N) is 2. The van der Waals surface area contributed by atoms with Crippen LogP contribution in [0.15, 0.2) is 54.1 Å². The molecule has 0 aliphatic carbocycles. The van der Waals surface area contributed by atoms with Crippen LogP contribution in [0.1, 0.15) is 63.1 Å². The summed E-state index contributed by atoms with van der Waals surface area (Å²) in [6.07, 6.45) is 5.23. The van der Waals surface area contributed by atoms with Crippen molar-refractivity contribution < 1.29 is 19.8 Å². The second-order valence-electron chi connectivity index (χ2n) is 8.99. The molecule has 0 saturated carbocycles. The number of Topliss-reactive ketones (excluding diaryl/α,β-unsaturated/α-hetero) is 1. The Morgan fingerprint density at radius 3 is 2.06 bits per heavy atom. The van der Waals surface area contributed by atoms with E-state index in [0.29, 0.717) is 22.7 Å². The summed E-state index contributed by atoms with van der Waals surface area (Å²) in [7, 11) is 0. The summed E-state index contributed by atoms with van der Waals surface area (Å²) in [5.74, 6) is -1.46. The number of phenolic OH excluding ortho intramolecular Hbond substituents is 1. The number of aliphatic hydroxyl groups is 1. The molecule has 1 saturated heterocycles. The van der Waals surface area contributed by atoms with Crippen LogP contribution in [-0.2, 0) is 9.59 Å². The Bertz CT molecular complexity index is 1030. The van der Waals surface area contributed by atoms with Crippen molar-refractivity contribution >= 4 is 29.1 Å². The third-order valence-corrected chi connectivity index (χ3v) is 6.65. The maximum atomic E-state index is 13.1. The minimum absolute atomic E-state index is 0.0526. The van der Waals surface area contributed by atoms with Crippen LogP contribution >= 0.6 is 11.6 Å². The Kier molecular flexibility index (Phi) is 9.75. The maximum Gasteiger partial charge on any atom is 0.295 e. The van der Waals surface area contributed by atoms with Gasteiger partial charge in [0.1, 0.15) is 11.5 Å². The zero-order valence-electron chi connectivity index (χ0n) is 20.5. The van der Waals surface area contributed by atoms with Crippen molar-refractivity contribution in [2.24, 2.45) is 0 Å². The minimum atomic E-state index is -0.731. The first-order valence-corrected chi connectivity index (χ1v) is 12.8. The number of aliphatic hydroxyl groups excluding tert-OH is 1. The number of amides is 1. The predicted molar refractivity (Wildman–Crippen MR) is 139 cm³/mol. The Hall–Kier alpha value is -2.83. The Morgan fingerprint density at radius 1 is 0.914 bits per heavy atom. The number of aromatic hydroxyl groups is 1. The fraction of sp³-hybridized carbons (Fsp3) is 0.429. The van der Waals surface area contributed by atoms with Crippen LogP contribution in [0.2, 0.25) is 5.02 Å². The molecule has 1 aliphatic rings. The lowest BCUT2D eigenvalue weighted by Crippen LogP contribution is -2.34. The van der Waals surface area contributed by atoms with E-state index < -0.39 is 17.7 Å². The van der Waals surface area contributed by atoms with Crippen molar-refractivity contribution in [1.29, 1.82) is 0 Å². The number of rotatable bonds is 12. The third-order valence-electron chi connectivity index (χ3n) is 6.40. The molecule has 1 amide bonds. The third kappa shape index (κ3) is 6.65. The molecule has 0 bridgehead atoms. The Labute approximate surface area is 212 Å². The quantitative estimate of drug-likeness (QED) is 0.221. The fourth-order valence-electron chi connectivity index (χ4n) is 4.44. The van der Waals surface area contributed by atoms with Crippen LogP contribution in [0.4, 0.5) is 0 Å². The summed E-state index contributed by atoms with van der Waals surface area (Å²) in [4.78, 5) is 30.2. The van der Waals surface area contributed by atoms with Gasteiger partial charge in [0, 0.05) is 17.1 Å². The number of ketones is 1. The van der Waals surface area contributed by atoms with Gasteiger partial charge in [0.15, 0.2) is 0 Å². The molecule has 188 valence electrons. The predicted octanol–water partition coefficient (Wildman–Crippen LogP) is 5.76. The highest BCUT2D eigenvalue weighted by Gasteiger charge is 2.45. The molecule has 1 fully saturated rings. The van der Waals surface area contributed by atoms with E-state index >= 15 is 0 Å². The summed E-state index contributed by atoms with van der Waals surface area (Å²) in [5, 5.41) is 21.4. The molecule has 2 N–H and O–H groups in total. The minimum Gasteiger partial charge on any atom is -0.508 e. The van der Waals surface area contributed by atoms with E-state index in [2.05, 4.69) is 18.7 Å². The van der Waals surface area contributed by atoms with E-state index in [-0.39, 0.29) is 17.1 Å². The van der Waals surface area contributed by atoms with Gasteiger partial charge in [-0.1, -0.05) is 50.4 Å². The van der Waals surface area contributed by atoms with Gasteiger partial charge in [0.05, 0.1) is 11.6 Å². The standard InChI is InChI=1S/C28H35ClN2O4/c1-3-5-16-30(17-6-4-2)18-7-19-31-25(20-10-14-23(32)15-11-20)24(27(34)28(31)35)26(33)21-8-12-22(29)13-9-21/h8-15,25,32-33H,3-7,16-19H2,1-2H3/t25-/m0/s1. The van der Waals surface area contributed by atoms with E-state index in [1.54, 1.807) is 41.3 Å². The number of unbranched alkanes of at least 4 members (excludes halogenated alkanes) is 2. The van der Waals surface area contributed by atoms with E-state index in [9.17, 15) is 19.8 Å². The largest absolute Gasteiger partial charge is 0.508 e. The van der Waals surface area contributed by atoms with Gasteiger partial charge in [-0.3, -0.25) is 9.59 Å². The monoisotopic (exact) mass is 498 g/mol. The van der Waals surface area contributed by atoms with Gasteiger partial charge in [-0.25, -0.2) is 0 Å². The summed E-state index contributed by atoms with van der Waals surface area (Å²) in [5.41, 5.74) is 1.13. The summed E-state index contributed by atoms with van der Waals surface area (Å²) >= 11 is 5.98. The van der Waals surface area contributed by atoms with Crippen LogP contribution in [0.5, 0.6) is 5.75 Å². The maximum absolute atomic E-state index is 13.1. The van der Waals surface area contributed by atoms with Gasteiger partial charge in [-0.05, 0) is 80.9 Å². The average Bonchev–Trinajstić information content (AvgIpc) is 3.10. The van der Waals surface area contributed by atoms with E-state index in [4.69, 9.17) is 11.6 Å². The number of benzene rings is 2. The molecule has 0 radical (unpaired) electrons. The van der Waals surface area contributed by atoms with Crippen LogP contribution in [0.25, 0.3) is 5.76 Å². The van der Waals surface area contributed by atoms with E-state index in [1.807, 2.05) is 0 Å². The molecular formula is C28H35ClN2O4. The number of phenols is 1. The number of likely N-dealkylation sites (tertiary alicyclic amines) is 1. The Morgan fingerprint density at radius 2 is 1.49 bits per heavy atom. The second-order valence-corrected chi connectivity index (χ2v) is 9.43. The fourth-order valence-corrected chi connectivity index (χ4v) is 4.57. The average molecular weight is 499 g/mol. The van der Waals surface area contributed by atoms with Crippen molar-refractivity contribution in [1.82, 2.24) is 9.80 Å². The van der Waals surface area contributed by atoms with E-state index in [1.165, 1.54) is 12.1 Å². The van der Waals surface area contributed by atoms with Crippen LogP contribution in [0.3, 0.4) is 0 Å². The highest BCUT2D eigenvalue weighted by atomic mass is 35.5.